The highest BCUT2D eigenvalue weighted by Gasteiger charge is 2.26. The van der Waals surface area contributed by atoms with Gasteiger partial charge in [0.1, 0.15) is 5.75 Å². The predicted molar refractivity (Wildman–Crippen MR) is 153 cm³/mol. The lowest BCUT2D eigenvalue weighted by atomic mass is 10.1. The molecule has 2 aromatic carbocycles. The molecule has 0 bridgehead atoms. The van der Waals surface area contributed by atoms with E-state index in [1.807, 2.05) is 32.3 Å². The van der Waals surface area contributed by atoms with Crippen LogP contribution in [0.25, 0.3) is 28.2 Å². The van der Waals surface area contributed by atoms with E-state index in [0.717, 1.165) is 35.6 Å². The summed E-state index contributed by atoms with van der Waals surface area (Å²) in [6, 6.07) is 14.8. The fourth-order valence-corrected chi connectivity index (χ4v) is 4.64. The van der Waals surface area contributed by atoms with Crippen LogP contribution in [0.2, 0.25) is 0 Å². The Morgan fingerprint density at radius 1 is 1.26 bits per heavy atom. The summed E-state index contributed by atoms with van der Waals surface area (Å²) in [7, 11) is 5.53. The Balaban J connectivity index is 1.51. The minimum absolute atomic E-state index is 0.449. The van der Waals surface area contributed by atoms with Gasteiger partial charge in [0.05, 0.1) is 18.5 Å². The molecule has 1 aliphatic rings. The molecule has 9 heteroatoms. The van der Waals surface area contributed by atoms with Gasteiger partial charge in [-0.25, -0.2) is 9.97 Å². The number of para-hydroxylation sites is 1. The zero-order chi connectivity index (χ0) is 26.6. The number of primary amides is 1. The largest absolute Gasteiger partial charge is 0.494 e. The van der Waals surface area contributed by atoms with Crippen molar-refractivity contribution in [3.8, 4) is 17.0 Å². The monoisotopic (exact) mass is 511 g/mol. The van der Waals surface area contributed by atoms with Gasteiger partial charge in [0, 0.05) is 78.4 Å². The highest BCUT2D eigenvalue weighted by atomic mass is 16.5. The summed E-state index contributed by atoms with van der Waals surface area (Å²) in [5.74, 6) is 0.567. The van der Waals surface area contributed by atoms with Gasteiger partial charge in [-0.3, -0.25) is 4.79 Å². The van der Waals surface area contributed by atoms with Gasteiger partial charge in [0.2, 0.25) is 11.9 Å². The summed E-state index contributed by atoms with van der Waals surface area (Å²) in [6.07, 6.45) is 9.45. The summed E-state index contributed by atoms with van der Waals surface area (Å²) in [4.78, 5) is 22.9. The van der Waals surface area contributed by atoms with Crippen molar-refractivity contribution in [2.45, 2.75) is 18.9 Å². The highest BCUT2D eigenvalue weighted by molar-refractivity contribution is 5.95. The van der Waals surface area contributed by atoms with Crippen molar-refractivity contribution in [3.63, 3.8) is 0 Å². The van der Waals surface area contributed by atoms with Crippen LogP contribution in [0.4, 0.5) is 17.3 Å². The summed E-state index contributed by atoms with van der Waals surface area (Å²) in [5, 5.41) is 7.66. The molecule has 0 atom stereocenters. The average molecular weight is 512 g/mol. The van der Waals surface area contributed by atoms with Gasteiger partial charge in [0.15, 0.2) is 0 Å². The Hall–Kier alpha value is -4.37. The normalized spacial score (nSPS) is 13.2. The molecule has 2 heterocycles. The lowest BCUT2D eigenvalue weighted by Crippen LogP contribution is -2.27. The number of amides is 1. The summed E-state index contributed by atoms with van der Waals surface area (Å²) in [5.41, 5.74) is 10.9. The van der Waals surface area contributed by atoms with Crippen LogP contribution in [0.5, 0.6) is 5.75 Å². The van der Waals surface area contributed by atoms with E-state index in [1.165, 1.54) is 29.8 Å². The first-order valence-corrected chi connectivity index (χ1v) is 12.7. The number of fused-ring (bicyclic) bond motifs is 1. The standard InChI is InChI=1S/C29H33N7O2/c1-31-14-15-35(2)26-17-27(38-3)24(16-19(26)8-11-28(30)37)34-29-32-13-12-23(33-29)22-18-36(20-9-10-20)25-7-5-4-6-21(22)25/h4-8,11-13,16-18,20,31H,9-10,14-15H2,1-3H3,(H2,30,37)(H,32,33,34). The first-order valence-electron chi connectivity index (χ1n) is 12.7. The van der Waals surface area contributed by atoms with Crippen LogP contribution in [-0.4, -0.2) is 54.7 Å². The SMILES string of the molecule is CNCCN(C)c1cc(OC)c(Nc2nccc(-c3cn(C4CC4)c4ccccc34)n2)cc1C=CC(N)=O. The molecular formula is C29H33N7O2. The van der Waals surface area contributed by atoms with Gasteiger partial charge in [0.25, 0.3) is 0 Å². The smallest absolute Gasteiger partial charge is 0.241 e. The molecule has 1 aliphatic carbocycles. The number of aromatic nitrogens is 3. The number of hydrogen-bond acceptors (Lipinski definition) is 7. The second-order valence-electron chi connectivity index (χ2n) is 9.46. The van der Waals surface area contributed by atoms with E-state index in [4.69, 9.17) is 15.5 Å². The number of nitrogens with two attached hydrogens (primary N) is 1. The van der Waals surface area contributed by atoms with Crippen LogP contribution in [0.15, 0.2) is 60.9 Å². The Kier molecular flexibility index (Phi) is 7.28. The molecule has 0 aliphatic heterocycles. The van der Waals surface area contributed by atoms with Crippen LogP contribution < -0.4 is 26.0 Å². The molecule has 1 amide bonds. The van der Waals surface area contributed by atoms with Crippen molar-refractivity contribution in [2.24, 2.45) is 5.73 Å². The third kappa shape index (κ3) is 5.33. The third-order valence-corrected chi connectivity index (χ3v) is 6.74. The molecule has 4 aromatic rings. The van der Waals surface area contributed by atoms with Gasteiger partial charge in [-0.05, 0) is 44.2 Å². The maximum absolute atomic E-state index is 11.5. The number of anilines is 3. The second-order valence-corrected chi connectivity index (χ2v) is 9.46. The molecule has 196 valence electrons. The minimum atomic E-state index is -0.513. The number of likely N-dealkylation sites (N-methyl/N-ethyl adjacent to an activating group) is 2. The number of benzene rings is 2. The van der Waals surface area contributed by atoms with E-state index in [0.29, 0.717) is 23.4 Å². The number of methoxy groups -OCH3 is 1. The lowest BCUT2D eigenvalue weighted by Gasteiger charge is -2.23. The lowest BCUT2D eigenvalue weighted by molar-refractivity contribution is -0.113. The molecule has 1 saturated carbocycles. The summed E-state index contributed by atoms with van der Waals surface area (Å²) in [6.45, 7) is 1.57. The molecule has 38 heavy (non-hydrogen) atoms. The zero-order valence-electron chi connectivity index (χ0n) is 21.9. The quantitative estimate of drug-likeness (QED) is 0.257. The van der Waals surface area contributed by atoms with Crippen molar-refractivity contribution in [3.05, 3.63) is 66.5 Å². The van der Waals surface area contributed by atoms with Crippen molar-refractivity contribution >= 4 is 40.2 Å². The van der Waals surface area contributed by atoms with Gasteiger partial charge < -0.3 is 30.6 Å². The van der Waals surface area contributed by atoms with Gasteiger partial charge in [-0.2, -0.15) is 0 Å². The molecule has 0 radical (unpaired) electrons. The fourth-order valence-electron chi connectivity index (χ4n) is 4.64. The van der Waals surface area contributed by atoms with Gasteiger partial charge in [-0.15, -0.1) is 0 Å². The molecule has 1 fully saturated rings. The Morgan fingerprint density at radius 2 is 2.08 bits per heavy atom. The van der Waals surface area contributed by atoms with Crippen molar-refractivity contribution in [2.75, 3.05) is 44.5 Å². The van der Waals surface area contributed by atoms with E-state index in [1.54, 1.807) is 19.4 Å². The molecule has 5 rings (SSSR count). The van der Waals surface area contributed by atoms with Gasteiger partial charge in [-0.1, -0.05) is 18.2 Å². The van der Waals surface area contributed by atoms with Crippen molar-refractivity contribution in [1.82, 2.24) is 19.9 Å². The number of carbonyl (C=O) groups excluding carboxylic acids is 1. The van der Waals surface area contributed by atoms with Gasteiger partial charge >= 0.3 is 0 Å². The maximum Gasteiger partial charge on any atom is 0.241 e. The van der Waals surface area contributed by atoms with Crippen LogP contribution >= 0.6 is 0 Å². The molecule has 2 aromatic heterocycles. The first kappa shape index (κ1) is 25.3. The third-order valence-electron chi connectivity index (χ3n) is 6.74. The van der Waals surface area contributed by atoms with E-state index in [2.05, 4.69) is 55.5 Å². The Morgan fingerprint density at radius 3 is 2.82 bits per heavy atom. The van der Waals surface area contributed by atoms with Crippen molar-refractivity contribution < 1.29 is 9.53 Å². The molecule has 4 N–H and O–H groups in total. The summed E-state index contributed by atoms with van der Waals surface area (Å²) < 4.78 is 8.09. The number of nitrogens with one attached hydrogen (secondary N) is 2. The van der Waals surface area contributed by atoms with Crippen LogP contribution in [0.1, 0.15) is 24.4 Å². The molecule has 0 spiro atoms. The minimum Gasteiger partial charge on any atom is -0.494 e. The number of hydrogen-bond donors (Lipinski definition) is 3. The number of nitrogens with zero attached hydrogens (tertiary/aromatic N) is 4. The van der Waals surface area contributed by atoms with E-state index in [9.17, 15) is 4.79 Å². The topological polar surface area (TPSA) is 110 Å². The van der Waals surface area contributed by atoms with E-state index < -0.39 is 5.91 Å². The first-order chi connectivity index (χ1) is 18.5. The maximum atomic E-state index is 11.5. The molecule has 0 unspecified atom stereocenters. The number of carbonyl (C=O) groups is 1. The zero-order valence-corrected chi connectivity index (χ0v) is 21.9. The second kappa shape index (κ2) is 10.9. The predicted octanol–water partition coefficient (Wildman–Crippen LogP) is 4.34. The van der Waals surface area contributed by atoms with Crippen LogP contribution in [-0.2, 0) is 4.79 Å². The molecule has 9 nitrogen and oxygen atoms in total. The molecule has 0 saturated heterocycles. The van der Waals surface area contributed by atoms with E-state index >= 15 is 0 Å². The molecular weight excluding hydrogens is 478 g/mol. The number of rotatable bonds is 11. The average Bonchev–Trinajstić information content (AvgIpc) is 3.70. The summed E-state index contributed by atoms with van der Waals surface area (Å²) >= 11 is 0. The van der Waals surface area contributed by atoms with Crippen LogP contribution in [0.3, 0.4) is 0 Å². The van der Waals surface area contributed by atoms with E-state index in [-0.39, 0.29) is 0 Å². The number of ether oxygens (including phenoxy) is 1. The Labute approximate surface area is 222 Å². The van der Waals surface area contributed by atoms with Crippen LogP contribution in [0, 0.1) is 0 Å². The Bertz CT molecular complexity index is 1490. The fraction of sp³-hybridized carbons (Fsp3) is 0.276. The highest BCUT2D eigenvalue weighted by Crippen LogP contribution is 2.41. The van der Waals surface area contributed by atoms with Crippen molar-refractivity contribution in [1.29, 1.82) is 0 Å².